The predicted octanol–water partition coefficient (Wildman–Crippen LogP) is 5.14. The number of halogens is 2. The van der Waals surface area contributed by atoms with Crippen molar-refractivity contribution in [2.75, 3.05) is 16.8 Å². The largest absolute Gasteiger partial charge is 0.326 e. The Morgan fingerprint density at radius 2 is 1.74 bits per heavy atom. The summed E-state index contributed by atoms with van der Waals surface area (Å²) in [4.78, 5) is 26.6. The fourth-order valence-electron chi connectivity index (χ4n) is 3.30. The van der Waals surface area contributed by atoms with Crippen LogP contribution in [0.15, 0.2) is 60.7 Å². The van der Waals surface area contributed by atoms with Gasteiger partial charge in [-0.25, -0.2) is 0 Å². The zero-order valence-electron chi connectivity index (χ0n) is 14.3. The van der Waals surface area contributed by atoms with Crippen LogP contribution in [0.4, 0.5) is 11.4 Å². The maximum absolute atomic E-state index is 12.7. The van der Waals surface area contributed by atoms with Gasteiger partial charge in [0.2, 0.25) is 11.8 Å². The van der Waals surface area contributed by atoms with Gasteiger partial charge in [-0.3, -0.25) is 9.59 Å². The van der Waals surface area contributed by atoms with Crippen LogP contribution in [0.5, 0.6) is 0 Å². The highest BCUT2D eigenvalue weighted by Gasteiger charge is 2.35. The molecule has 0 saturated carbocycles. The first-order valence-electron chi connectivity index (χ1n) is 8.56. The van der Waals surface area contributed by atoms with Crippen LogP contribution >= 0.6 is 23.2 Å². The molecule has 0 aliphatic carbocycles. The van der Waals surface area contributed by atoms with E-state index in [4.69, 9.17) is 23.2 Å². The highest BCUT2D eigenvalue weighted by atomic mass is 35.5. The van der Waals surface area contributed by atoms with E-state index in [2.05, 4.69) is 5.32 Å². The van der Waals surface area contributed by atoms with Crippen LogP contribution in [-0.2, 0) is 9.59 Å². The molecule has 3 aromatic carbocycles. The van der Waals surface area contributed by atoms with Gasteiger partial charge in [0.15, 0.2) is 0 Å². The summed E-state index contributed by atoms with van der Waals surface area (Å²) in [6.07, 6.45) is 0.166. The summed E-state index contributed by atoms with van der Waals surface area (Å²) in [7, 11) is 0. The number of hydrogen-bond donors (Lipinski definition) is 1. The van der Waals surface area contributed by atoms with E-state index in [0.29, 0.717) is 22.3 Å². The van der Waals surface area contributed by atoms with Crippen LogP contribution in [0, 0.1) is 5.92 Å². The summed E-state index contributed by atoms with van der Waals surface area (Å²) in [5.41, 5.74) is 1.37. The number of hydrogen-bond acceptors (Lipinski definition) is 2. The Bertz CT molecular complexity index is 1050. The number of benzene rings is 3. The molecule has 4 nitrogen and oxygen atoms in total. The van der Waals surface area contributed by atoms with Crippen molar-refractivity contribution in [3.63, 3.8) is 0 Å². The normalized spacial score (nSPS) is 16.7. The summed E-state index contributed by atoms with van der Waals surface area (Å²) in [5.74, 6) is -0.688. The lowest BCUT2D eigenvalue weighted by Crippen LogP contribution is -2.28. The average Bonchev–Trinajstić information content (AvgIpc) is 3.06. The quantitative estimate of drug-likeness (QED) is 0.663. The minimum atomic E-state index is -0.418. The van der Waals surface area contributed by atoms with Crippen molar-refractivity contribution in [1.82, 2.24) is 0 Å². The van der Waals surface area contributed by atoms with E-state index >= 15 is 0 Å². The molecule has 0 bridgehead atoms. The van der Waals surface area contributed by atoms with Crippen LogP contribution in [0.3, 0.4) is 0 Å². The van der Waals surface area contributed by atoms with Crippen molar-refractivity contribution in [2.45, 2.75) is 6.42 Å². The number of rotatable bonds is 3. The monoisotopic (exact) mass is 398 g/mol. The molecule has 4 rings (SSSR count). The lowest BCUT2D eigenvalue weighted by atomic mass is 10.1. The molecule has 6 heteroatoms. The second-order valence-corrected chi connectivity index (χ2v) is 7.37. The van der Waals surface area contributed by atoms with Crippen LogP contribution < -0.4 is 10.2 Å². The minimum absolute atomic E-state index is 0.105. The first-order valence-corrected chi connectivity index (χ1v) is 9.32. The number of carbonyl (C=O) groups excluding carboxylic acids is 2. The van der Waals surface area contributed by atoms with Crippen molar-refractivity contribution < 1.29 is 9.59 Å². The first kappa shape index (κ1) is 17.8. The number of anilines is 2. The van der Waals surface area contributed by atoms with Gasteiger partial charge in [-0.1, -0.05) is 53.5 Å². The Hall–Kier alpha value is -2.56. The Kier molecular flexibility index (Phi) is 4.77. The van der Waals surface area contributed by atoms with E-state index in [1.165, 1.54) is 0 Å². The van der Waals surface area contributed by atoms with Crippen molar-refractivity contribution in [1.29, 1.82) is 0 Å². The summed E-state index contributed by atoms with van der Waals surface area (Å²) < 4.78 is 0. The molecule has 3 aromatic rings. The number of nitrogens with one attached hydrogen (secondary N) is 1. The van der Waals surface area contributed by atoms with Crippen molar-refractivity contribution >= 4 is 57.2 Å². The summed E-state index contributed by atoms with van der Waals surface area (Å²) in [6.45, 7) is 0.316. The number of fused-ring (bicyclic) bond motifs is 1. The Labute approximate surface area is 166 Å². The molecule has 1 N–H and O–H groups in total. The van der Waals surface area contributed by atoms with Gasteiger partial charge in [-0.05, 0) is 41.1 Å². The molecule has 1 heterocycles. The Morgan fingerprint density at radius 1 is 0.963 bits per heavy atom. The first-order chi connectivity index (χ1) is 13.0. The minimum Gasteiger partial charge on any atom is -0.326 e. The molecule has 136 valence electrons. The SMILES string of the molecule is O=C(Nc1ccc2ccccc2c1)[C@@H]1CC(=O)N(c2ccc(Cl)c(Cl)c2)C1. The maximum Gasteiger partial charge on any atom is 0.229 e. The average molecular weight is 399 g/mol. The van der Waals surface area contributed by atoms with Crippen LogP contribution in [0.25, 0.3) is 10.8 Å². The zero-order valence-corrected chi connectivity index (χ0v) is 15.8. The van der Waals surface area contributed by atoms with E-state index in [0.717, 1.165) is 16.5 Å². The summed E-state index contributed by atoms with van der Waals surface area (Å²) in [6, 6.07) is 18.7. The number of nitrogens with zero attached hydrogens (tertiary/aromatic N) is 1. The molecular formula is C21H16Cl2N2O2. The van der Waals surface area contributed by atoms with Gasteiger partial charge in [0, 0.05) is 24.3 Å². The molecule has 1 aliphatic rings. The molecule has 0 spiro atoms. The maximum atomic E-state index is 12.7. The second-order valence-electron chi connectivity index (χ2n) is 6.55. The summed E-state index contributed by atoms with van der Waals surface area (Å²) in [5, 5.41) is 5.89. The molecule has 1 fully saturated rings. The molecule has 1 atom stereocenters. The predicted molar refractivity (Wildman–Crippen MR) is 109 cm³/mol. The van der Waals surface area contributed by atoms with Gasteiger partial charge in [0.25, 0.3) is 0 Å². The lowest BCUT2D eigenvalue weighted by Gasteiger charge is -2.17. The van der Waals surface area contributed by atoms with E-state index in [9.17, 15) is 9.59 Å². The van der Waals surface area contributed by atoms with Crippen LogP contribution in [0.2, 0.25) is 10.0 Å². The molecule has 0 unspecified atom stereocenters. The Morgan fingerprint density at radius 3 is 2.52 bits per heavy atom. The molecule has 0 radical (unpaired) electrons. The molecule has 1 saturated heterocycles. The van der Waals surface area contributed by atoms with Crippen molar-refractivity contribution in [2.24, 2.45) is 5.92 Å². The van der Waals surface area contributed by atoms with Crippen molar-refractivity contribution in [3.8, 4) is 0 Å². The van der Waals surface area contributed by atoms with Gasteiger partial charge < -0.3 is 10.2 Å². The van der Waals surface area contributed by atoms with E-state index in [1.54, 1.807) is 23.1 Å². The fourth-order valence-corrected chi connectivity index (χ4v) is 3.59. The molecule has 0 aromatic heterocycles. The fraction of sp³-hybridized carbons (Fsp3) is 0.143. The molecule has 2 amide bonds. The standard InChI is InChI=1S/C21H16Cl2N2O2/c22-18-8-7-17(11-19(18)23)25-12-15(10-20(25)26)21(27)24-16-6-5-13-3-1-2-4-14(13)9-16/h1-9,11,15H,10,12H2,(H,24,27)/t15-/m1/s1. The summed E-state index contributed by atoms with van der Waals surface area (Å²) >= 11 is 12.0. The van der Waals surface area contributed by atoms with E-state index < -0.39 is 5.92 Å². The highest BCUT2D eigenvalue weighted by Crippen LogP contribution is 2.31. The third kappa shape index (κ3) is 3.64. The third-order valence-electron chi connectivity index (χ3n) is 4.73. The third-order valence-corrected chi connectivity index (χ3v) is 5.47. The van der Waals surface area contributed by atoms with Crippen LogP contribution in [-0.4, -0.2) is 18.4 Å². The van der Waals surface area contributed by atoms with Crippen molar-refractivity contribution in [3.05, 3.63) is 70.7 Å². The topological polar surface area (TPSA) is 49.4 Å². The number of carbonyl (C=O) groups is 2. The molecular weight excluding hydrogens is 383 g/mol. The number of amides is 2. The van der Waals surface area contributed by atoms with Gasteiger partial charge in [0.05, 0.1) is 16.0 Å². The second kappa shape index (κ2) is 7.22. The Balaban J connectivity index is 1.49. The highest BCUT2D eigenvalue weighted by molar-refractivity contribution is 6.42. The van der Waals surface area contributed by atoms with Gasteiger partial charge >= 0.3 is 0 Å². The van der Waals surface area contributed by atoms with Crippen LogP contribution in [0.1, 0.15) is 6.42 Å². The van der Waals surface area contributed by atoms with Gasteiger partial charge in [0.1, 0.15) is 0 Å². The smallest absolute Gasteiger partial charge is 0.229 e. The van der Waals surface area contributed by atoms with Gasteiger partial charge in [-0.2, -0.15) is 0 Å². The van der Waals surface area contributed by atoms with E-state index in [1.807, 2.05) is 42.5 Å². The molecule has 1 aliphatic heterocycles. The lowest BCUT2D eigenvalue weighted by molar-refractivity contribution is -0.122. The van der Waals surface area contributed by atoms with Gasteiger partial charge in [-0.15, -0.1) is 0 Å². The zero-order chi connectivity index (χ0) is 19.0. The molecule has 27 heavy (non-hydrogen) atoms. The van der Waals surface area contributed by atoms with E-state index in [-0.39, 0.29) is 18.2 Å².